The molecule has 3 aromatic rings. The predicted octanol–water partition coefficient (Wildman–Crippen LogP) is 6.36. The summed E-state index contributed by atoms with van der Waals surface area (Å²) >= 11 is 0. The second kappa shape index (κ2) is 9.88. The zero-order valence-corrected chi connectivity index (χ0v) is 17.0. The molecule has 3 aromatic carbocycles. The summed E-state index contributed by atoms with van der Waals surface area (Å²) < 4.78 is 4.78. The number of ether oxygens (including phenoxy) is 1. The van der Waals surface area contributed by atoms with Gasteiger partial charge in [0.15, 0.2) is 0 Å². The van der Waals surface area contributed by atoms with Gasteiger partial charge in [0.05, 0.1) is 12.7 Å². The fourth-order valence-corrected chi connectivity index (χ4v) is 4.07. The first-order valence-corrected chi connectivity index (χ1v) is 10.1. The lowest BCUT2D eigenvalue weighted by molar-refractivity contribution is 0.0600. The van der Waals surface area contributed by atoms with E-state index >= 15 is 0 Å². The molecule has 0 atom stereocenters. The van der Waals surface area contributed by atoms with Crippen LogP contribution in [0.2, 0.25) is 0 Å². The van der Waals surface area contributed by atoms with Crippen molar-refractivity contribution in [1.29, 1.82) is 0 Å². The van der Waals surface area contributed by atoms with E-state index in [2.05, 4.69) is 67.2 Å². The molecule has 2 nitrogen and oxygen atoms in total. The summed E-state index contributed by atoms with van der Waals surface area (Å²) in [6.45, 7) is 4.05. The molecule has 0 aliphatic carbocycles. The second-order valence-corrected chi connectivity index (χ2v) is 7.35. The number of carbonyl (C=O) groups excluding carboxylic acids is 1. The lowest BCUT2D eigenvalue weighted by atomic mass is 9.69. The molecule has 0 saturated carbocycles. The highest BCUT2D eigenvalue weighted by Crippen LogP contribution is 2.40. The molecule has 0 unspecified atom stereocenters. The number of methoxy groups -OCH3 is 1. The summed E-state index contributed by atoms with van der Waals surface area (Å²) in [6.07, 6.45) is 5.94. The number of benzene rings is 3. The van der Waals surface area contributed by atoms with Gasteiger partial charge in [-0.25, -0.2) is 4.79 Å². The van der Waals surface area contributed by atoms with Crippen LogP contribution in [0.3, 0.4) is 0 Å². The maximum Gasteiger partial charge on any atom is 0.337 e. The van der Waals surface area contributed by atoms with Crippen LogP contribution in [0.4, 0.5) is 0 Å². The first-order valence-electron chi connectivity index (χ1n) is 10.1. The third-order valence-corrected chi connectivity index (χ3v) is 5.59. The molecule has 0 aliphatic heterocycles. The van der Waals surface area contributed by atoms with Crippen molar-refractivity contribution < 1.29 is 9.53 Å². The van der Waals surface area contributed by atoms with Gasteiger partial charge in [0.2, 0.25) is 0 Å². The summed E-state index contributed by atoms with van der Waals surface area (Å²) in [4.78, 5) is 11.6. The van der Waals surface area contributed by atoms with Gasteiger partial charge in [-0.15, -0.1) is 6.58 Å². The number of hydrogen-bond donors (Lipinski definition) is 0. The maximum absolute atomic E-state index is 11.6. The summed E-state index contributed by atoms with van der Waals surface area (Å²) in [5.74, 6) is -0.297. The number of hydrogen-bond acceptors (Lipinski definition) is 2. The van der Waals surface area contributed by atoms with E-state index in [9.17, 15) is 4.79 Å². The summed E-state index contributed by atoms with van der Waals surface area (Å²) in [5, 5.41) is 0. The molecule has 148 valence electrons. The Morgan fingerprint density at radius 3 is 1.93 bits per heavy atom. The van der Waals surface area contributed by atoms with Gasteiger partial charge < -0.3 is 4.74 Å². The smallest absolute Gasteiger partial charge is 0.337 e. The molecule has 0 fully saturated rings. The zero-order valence-electron chi connectivity index (χ0n) is 17.0. The van der Waals surface area contributed by atoms with Gasteiger partial charge in [-0.2, -0.15) is 0 Å². The van der Waals surface area contributed by atoms with Crippen molar-refractivity contribution in [2.45, 2.75) is 31.1 Å². The van der Waals surface area contributed by atoms with Crippen molar-refractivity contribution in [1.82, 2.24) is 0 Å². The van der Waals surface area contributed by atoms with Crippen LogP contribution < -0.4 is 0 Å². The van der Waals surface area contributed by atoms with Gasteiger partial charge in [0.1, 0.15) is 0 Å². The van der Waals surface area contributed by atoms with Crippen LogP contribution in [-0.4, -0.2) is 13.1 Å². The average Bonchev–Trinajstić information content (AvgIpc) is 2.79. The lowest BCUT2D eigenvalue weighted by Crippen LogP contribution is -2.27. The van der Waals surface area contributed by atoms with Crippen molar-refractivity contribution in [3.8, 4) is 0 Å². The van der Waals surface area contributed by atoms with Crippen LogP contribution in [0.15, 0.2) is 97.6 Å². The number of allylic oxidation sites excluding steroid dienone is 1. The molecule has 0 N–H and O–H groups in total. The van der Waals surface area contributed by atoms with Crippen molar-refractivity contribution in [3.63, 3.8) is 0 Å². The van der Waals surface area contributed by atoms with Crippen molar-refractivity contribution in [2.24, 2.45) is 0 Å². The first kappa shape index (κ1) is 20.6. The second-order valence-electron chi connectivity index (χ2n) is 7.35. The van der Waals surface area contributed by atoms with Gasteiger partial charge in [0, 0.05) is 5.41 Å². The highest BCUT2D eigenvalue weighted by molar-refractivity contribution is 5.89. The molecule has 2 heteroatoms. The molecule has 0 spiro atoms. The van der Waals surface area contributed by atoms with Crippen molar-refractivity contribution in [2.75, 3.05) is 7.11 Å². The number of aryl methyl sites for hydroxylation is 1. The molecule has 0 saturated heterocycles. The van der Waals surface area contributed by atoms with Gasteiger partial charge in [-0.1, -0.05) is 78.9 Å². The van der Waals surface area contributed by atoms with E-state index in [4.69, 9.17) is 4.74 Å². The Morgan fingerprint density at radius 2 is 1.45 bits per heavy atom. The van der Waals surface area contributed by atoms with Crippen LogP contribution in [0.5, 0.6) is 0 Å². The summed E-state index contributed by atoms with van der Waals surface area (Å²) in [7, 11) is 1.41. The largest absolute Gasteiger partial charge is 0.465 e. The predicted molar refractivity (Wildman–Crippen MR) is 119 cm³/mol. The maximum atomic E-state index is 11.6. The van der Waals surface area contributed by atoms with Crippen LogP contribution >= 0.6 is 0 Å². The van der Waals surface area contributed by atoms with E-state index in [-0.39, 0.29) is 11.4 Å². The standard InChI is InChI=1S/C27H28O2/c1-3-20-27(24-12-6-4-7-13-24,25-14-8-5-9-15-25)21-10-11-22-16-18-23(19-17-22)26(28)29-2/h3-9,12-19H,1,10-11,20-21H2,2H3. The molecular formula is C27H28O2. The highest BCUT2D eigenvalue weighted by Gasteiger charge is 2.32. The van der Waals surface area contributed by atoms with Crippen LogP contribution in [-0.2, 0) is 16.6 Å². The fraction of sp³-hybridized carbons (Fsp3) is 0.222. The third kappa shape index (κ3) is 4.83. The minimum Gasteiger partial charge on any atom is -0.465 e. The molecule has 0 amide bonds. The fourth-order valence-electron chi connectivity index (χ4n) is 4.07. The van der Waals surface area contributed by atoms with E-state index in [1.54, 1.807) is 0 Å². The Bertz CT molecular complexity index is 872. The van der Waals surface area contributed by atoms with E-state index in [1.165, 1.54) is 23.8 Å². The minimum atomic E-state index is -0.297. The van der Waals surface area contributed by atoms with Crippen molar-refractivity contribution in [3.05, 3.63) is 120 Å². The lowest BCUT2D eigenvalue weighted by Gasteiger charge is -2.35. The van der Waals surface area contributed by atoms with E-state index in [1.807, 2.05) is 30.3 Å². The summed E-state index contributed by atoms with van der Waals surface area (Å²) in [6, 6.07) is 29.2. The summed E-state index contributed by atoms with van der Waals surface area (Å²) in [5.41, 5.74) is 4.38. The Morgan fingerprint density at radius 1 is 0.897 bits per heavy atom. The molecule has 0 heterocycles. The minimum absolute atomic E-state index is 0.0871. The SMILES string of the molecule is C=CCC(CCCc1ccc(C(=O)OC)cc1)(c1ccccc1)c1ccccc1. The van der Waals surface area contributed by atoms with Crippen molar-refractivity contribution >= 4 is 5.97 Å². The number of carbonyl (C=O) groups is 1. The molecule has 29 heavy (non-hydrogen) atoms. The van der Waals surface area contributed by atoms with Gasteiger partial charge in [-0.05, 0) is 54.5 Å². The van der Waals surface area contributed by atoms with E-state index < -0.39 is 0 Å². The highest BCUT2D eigenvalue weighted by atomic mass is 16.5. The van der Waals surface area contributed by atoms with Gasteiger partial charge >= 0.3 is 5.97 Å². The topological polar surface area (TPSA) is 26.3 Å². The van der Waals surface area contributed by atoms with Crippen LogP contribution in [0.1, 0.15) is 46.3 Å². The van der Waals surface area contributed by atoms with Gasteiger partial charge in [-0.3, -0.25) is 0 Å². The Labute approximate surface area is 173 Å². The molecule has 3 rings (SSSR count). The molecule has 0 aromatic heterocycles. The van der Waals surface area contributed by atoms with Gasteiger partial charge in [0.25, 0.3) is 0 Å². The first-order chi connectivity index (χ1) is 14.2. The third-order valence-electron chi connectivity index (χ3n) is 5.59. The van der Waals surface area contributed by atoms with E-state index in [0.717, 1.165) is 25.7 Å². The van der Waals surface area contributed by atoms with Crippen LogP contribution in [0.25, 0.3) is 0 Å². The number of esters is 1. The molecular weight excluding hydrogens is 356 g/mol. The molecule has 0 radical (unpaired) electrons. The van der Waals surface area contributed by atoms with Crippen LogP contribution in [0, 0.1) is 0 Å². The Balaban J connectivity index is 1.82. The van der Waals surface area contributed by atoms with E-state index in [0.29, 0.717) is 5.56 Å². The number of rotatable bonds is 9. The monoisotopic (exact) mass is 384 g/mol. The average molecular weight is 385 g/mol. The molecule has 0 aliphatic rings. The quantitative estimate of drug-likeness (QED) is 0.317. The zero-order chi connectivity index (χ0) is 20.5. The molecule has 0 bridgehead atoms. The Kier molecular flexibility index (Phi) is 7.02. The Hall–Kier alpha value is -3.13. The normalized spacial score (nSPS) is 11.1.